The zero-order valence-corrected chi connectivity index (χ0v) is 11.2. The number of rotatable bonds is 1. The van der Waals surface area contributed by atoms with Gasteiger partial charge in [0.25, 0.3) is 0 Å². The summed E-state index contributed by atoms with van der Waals surface area (Å²) in [6.07, 6.45) is 3.93. The van der Waals surface area contributed by atoms with E-state index in [0.717, 1.165) is 6.54 Å². The van der Waals surface area contributed by atoms with Crippen LogP contribution in [0.5, 0.6) is 0 Å². The summed E-state index contributed by atoms with van der Waals surface area (Å²) >= 11 is 0. The van der Waals surface area contributed by atoms with E-state index in [1.807, 2.05) is 35.1 Å². The first kappa shape index (κ1) is 12.0. The Bertz CT molecular complexity index is 617. The lowest BCUT2D eigenvalue weighted by Crippen LogP contribution is -2.37. The van der Waals surface area contributed by atoms with Gasteiger partial charge in [-0.3, -0.25) is 9.48 Å². The Morgan fingerprint density at radius 3 is 2.84 bits per heavy atom. The van der Waals surface area contributed by atoms with Crippen molar-refractivity contribution in [3.8, 4) is 0 Å². The van der Waals surface area contributed by atoms with Crippen molar-refractivity contribution in [2.24, 2.45) is 7.05 Å². The van der Waals surface area contributed by atoms with E-state index in [-0.39, 0.29) is 11.8 Å². The molecule has 0 bridgehead atoms. The lowest BCUT2D eigenvalue weighted by atomic mass is 9.86. The summed E-state index contributed by atoms with van der Waals surface area (Å²) < 4.78 is 1.81. The zero-order valence-electron chi connectivity index (χ0n) is 11.2. The van der Waals surface area contributed by atoms with Gasteiger partial charge in [-0.05, 0) is 16.7 Å². The number of benzene rings is 1. The molecule has 0 radical (unpaired) electrons. The van der Waals surface area contributed by atoms with Crippen LogP contribution >= 0.6 is 0 Å². The minimum absolute atomic E-state index is 0.128. The molecule has 1 amide bonds. The highest BCUT2D eigenvalue weighted by Gasteiger charge is 2.28. The van der Waals surface area contributed by atoms with Crippen LogP contribution in [-0.4, -0.2) is 27.1 Å². The highest BCUT2D eigenvalue weighted by Crippen LogP contribution is 2.33. The van der Waals surface area contributed by atoms with Gasteiger partial charge in [0.05, 0.1) is 6.20 Å². The van der Waals surface area contributed by atoms with Gasteiger partial charge in [0, 0.05) is 39.2 Å². The maximum absolute atomic E-state index is 11.7. The Hall–Kier alpha value is -2.10. The zero-order chi connectivity index (χ0) is 13.4. The number of fused-ring (bicyclic) bond motifs is 1. The fourth-order valence-electron chi connectivity index (χ4n) is 2.75. The molecule has 0 spiro atoms. The molecule has 1 aliphatic heterocycles. The number of hydrogen-bond donors (Lipinski definition) is 0. The minimum atomic E-state index is 0.128. The predicted molar refractivity (Wildman–Crippen MR) is 72.6 cm³/mol. The van der Waals surface area contributed by atoms with Gasteiger partial charge < -0.3 is 4.90 Å². The molecule has 0 N–H and O–H groups in total. The van der Waals surface area contributed by atoms with Crippen LogP contribution in [0.3, 0.4) is 0 Å². The molecule has 1 atom stereocenters. The quantitative estimate of drug-likeness (QED) is 0.780. The Balaban J connectivity index is 2.05. The minimum Gasteiger partial charge on any atom is -0.338 e. The molecule has 1 unspecified atom stereocenters. The van der Waals surface area contributed by atoms with Gasteiger partial charge in [-0.2, -0.15) is 5.10 Å². The Morgan fingerprint density at radius 2 is 2.16 bits per heavy atom. The average molecular weight is 255 g/mol. The summed E-state index contributed by atoms with van der Waals surface area (Å²) in [6.45, 7) is 3.08. The van der Waals surface area contributed by atoms with Crippen LogP contribution < -0.4 is 0 Å². The van der Waals surface area contributed by atoms with Crippen molar-refractivity contribution in [1.29, 1.82) is 0 Å². The molecule has 0 fully saturated rings. The number of carbonyl (C=O) groups excluding carboxylic acids is 1. The van der Waals surface area contributed by atoms with Gasteiger partial charge in [-0.15, -0.1) is 0 Å². The van der Waals surface area contributed by atoms with E-state index in [2.05, 4.69) is 23.3 Å². The van der Waals surface area contributed by atoms with Crippen molar-refractivity contribution in [2.45, 2.75) is 19.4 Å². The topological polar surface area (TPSA) is 38.1 Å². The normalized spacial score (nSPS) is 18.2. The van der Waals surface area contributed by atoms with E-state index in [1.54, 1.807) is 6.92 Å². The molecule has 1 aromatic heterocycles. The van der Waals surface area contributed by atoms with E-state index < -0.39 is 0 Å². The number of carbonyl (C=O) groups is 1. The van der Waals surface area contributed by atoms with E-state index in [0.29, 0.717) is 6.54 Å². The molecule has 1 aromatic carbocycles. The summed E-state index contributed by atoms with van der Waals surface area (Å²) in [7, 11) is 1.92. The highest BCUT2D eigenvalue weighted by molar-refractivity contribution is 5.74. The second-order valence-electron chi connectivity index (χ2n) is 5.10. The first-order valence-electron chi connectivity index (χ1n) is 6.47. The van der Waals surface area contributed by atoms with E-state index in [1.165, 1.54) is 16.7 Å². The lowest BCUT2D eigenvalue weighted by Gasteiger charge is -2.33. The predicted octanol–water partition coefficient (Wildman–Crippen LogP) is 1.91. The van der Waals surface area contributed by atoms with Gasteiger partial charge in [0.1, 0.15) is 0 Å². The number of hydrogen-bond acceptors (Lipinski definition) is 2. The SMILES string of the molecule is CC(=O)N1Cc2ccccc2C(c2cnn(C)c2)C1. The van der Waals surface area contributed by atoms with Gasteiger partial charge in [-0.25, -0.2) is 0 Å². The Labute approximate surface area is 112 Å². The molecule has 98 valence electrons. The monoisotopic (exact) mass is 255 g/mol. The maximum Gasteiger partial charge on any atom is 0.219 e. The molecule has 2 aromatic rings. The van der Waals surface area contributed by atoms with Crippen LogP contribution in [0.2, 0.25) is 0 Å². The number of amides is 1. The third-order valence-corrected chi connectivity index (χ3v) is 3.77. The number of aryl methyl sites for hydroxylation is 1. The first-order valence-corrected chi connectivity index (χ1v) is 6.47. The van der Waals surface area contributed by atoms with Gasteiger partial charge >= 0.3 is 0 Å². The number of nitrogens with zero attached hydrogens (tertiary/aromatic N) is 3. The van der Waals surface area contributed by atoms with Crippen LogP contribution in [-0.2, 0) is 18.4 Å². The summed E-state index contributed by atoms with van der Waals surface area (Å²) in [6, 6.07) is 8.35. The summed E-state index contributed by atoms with van der Waals surface area (Å²) in [5, 5.41) is 4.25. The summed E-state index contributed by atoms with van der Waals surface area (Å²) in [5.74, 6) is 0.353. The number of aromatic nitrogens is 2. The third kappa shape index (κ3) is 2.14. The smallest absolute Gasteiger partial charge is 0.219 e. The van der Waals surface area contributed by atoms with Crippen molar-refractivity contribution in [1.82, 2.24) is 14.7 Å². The maximum atomic E-state index is 11.7. The average Bonchev–Trinajstić information content (AvgIpc) is 2.84. The standard InChI is InChI=1S/C15H17N3O/c1-11(19)18-9-12-5-3-4-6-14(12)15(10-18)13-7-16-17(2)8-13/h3-8,15H,9-10H2,1-2H3. The van der Waals surface area contributed by atoms with Crippen LogP contribution in [0.1, 0.15) is 29.5 Å². The van der Waals surface area contributed by atoms with Gasteiger partial charge in [-0.1, -0.05) is 24.3 Å². The third-order valence-electron chi connectivity index (χ3n) is 3.77. The van der Waals surface area contributed by atoms with Gasteiger partial charge in [0.15, 0.2) is 0 Å². The van der Waals surface area contributed by atoms with Crippen molar-refractivity contribution in [2.75, 3.05) is 6.54 Å². The van der Waals surface area contributed by atoms with Crippen LogP contribution in [0, 0.1) is 0 Å². The molecule has 1 aliphatic rings. The van der Waals surface area contributed by atoms with E-state index in [4.69, 9.17) is 0 Å². The molecule has 0 saturated heterocycles. The van der Waals surface area contributed by atoms with Crippen molar-refractivity contribution in [3.63, 3.8) is 0 Å². The van der Waals surface area contributed by atoms with Crippen LogP contribution in [0.4, 0.5) is 0 Å². The van der Waals surface area contributed by atoms with Crippen LogP contribution in [0.25, 0.3) is 0 Å². The summed E-state index contributed by atoms with van der Waals surface area (Å²) in [4.78, 5) is 13.6. The molecule has 0 aliphatic carbocycles. The molecule has 4 heteroatoms. The molecular formula is C15H17N3O. The molecular weight excluding hydrogens is 238 g/mol. The summed E-state index contributed by atoms with van der Waals surface area (Å²) in [5.41, 5.74) is 3.71. The molecule has 2 heterocycles. The van der Waals surface area contributed by atoms with Crippen molar-refractivity contribution in [3.05, 3.63) is 53.3 Å². The lowest BCUT2D eigenvalue weighted by molar-refractivity contribution is -0.129. The second kappa shape index (κ2) is 4.53. The first-order chi connectivity index (χ1) is 9.15. The highest BCUT2D eigenvalue weighted by atomic mass is 16.2. The molecule has 4 nitrogen and oxygen atoms in total. The van der Waals surface area contributed by atoms with E-state index in [9.17, 15) is 4.79 Å². The van der Waals surface area contributed by atoms with Crippen molar-refractivity contribution < 1.29 is 4.79 Å². The van der Waals surface area contributed by atoms with Crippen molar-refractivity contribution >= 4 is 5.91 Å². The molecule has 3 rings (SSSR count). The molecule has 0 saturated carbocycles. The van der Waals surface area contributed by atoms with Gasteiger partial charge in [0.2, 0.25) is 5.91 Å². The Morgan fingerprint density at radius 1 is 1.37 bits per heavy atom. The van der Waals surface area contributed by atoms with Crippen LogP contribution in [0.15, 0.2) is 36.7 Å². The second-order valence-corrected chi connectivity index (χ2v) is 5.10. The van der Waals surface area contributed by atoms with E-state index >= 15 is 0 Å². The fourth-order valence-corrected chi connectivity index (χ4v) is 2.75. The largest absolute Gasteiger partial charge is 0.338 e. The Kier molecular flexibility index (Phi) is 2.85. The molecule has 19 heavy (non-hydrogen) atoms. The fraction of sp³-hybridized carbons (Fsp3) is 0.333.